The number of nitrogens with one attached hydrogen (secondary N) is 1. The van der Waals surface area contributed by atoms with Crippen LogP contribution in [-0.2, 0) is 11.3 Å². The lowest BCUT2D eigenvalue weighted by Crippen LogP contribution is -2.15. The van der Waals surface area contributed by atoms with Crippen LogP contribution in [0.2, 0.25) is 5.02 Å². The van der Waals surface area contributed by atoms with E-state index >= 15 is 0 Å². The maximum Gasteiger partial charge on any atom is 0.271 e. The number of anilines is 1. The van der Waals surface area contributed by atoms with Crippen molar-refractivity contribution in [2.75, 3.05) is 5.32 Å². The van der Waals surface area contributed by atoms with E-state index in [1.54, 1.807) is 17.1 Å². The Kier molecular flexibility index (Phi) is 4.92. The van der Waals surface area contributed by atoms with Gasteiger partial charge in [0.15, 0.2) is 0 Å². The summed E-state index contributed by atoms with van der Waals surface area (Å²) in [4.78, 5) is 22.0. The van der Waals surface area contributed by atoms with Crippen molar-refractivity contribution in [2.24, 2.45) is 0 Å². The third kappa shape index (κ3) is 4.27. The molecule has 0 saturated carbocycles. The average Bonchev–Trinajstić information content (AvgIpc) is 2.84. The first kappa shape index (κ1) is 15.5. The standard InChI is InChI=1S/C12H10BrClN4O3/c13-8-6-15-17(7-8)4-3-12(19)16-11-5-9(18(20)21)1-2-10(11)14/h1-2,5-7H,3-4H2,(H,16,19). The van der Waals surface area contributed by atoms with E-state index in [-0.39, 0.29) is 28.7 Å². The fraction of sp³-hybridized carbons (Fsp3) is 0.167. The molecule has 1 N–H and O–H groups in total. The van der Waals surface area contributed by atoms with Gasteiger partial charge >= 0.3 is 0 Å². The van der Waals surface area contributed by atoms with Gasteiger partial charge < -0.3 is 5.32 Å². The van der Waals surface area contributed by atoms with Crippen molar-refractivity contribution in [2.45, 2.75) is 13.0 Å². The third-order valence-electron chi connectivity index (χ3n) is 2.60. The van der Waals surface area contributed by atoms with Crippen LogP contribution in [-0.4, -0.2) is 20.6 Å². The zero-order valence-corrected chi connectivity index (χ0v) is 13.0. The summed E-state index contributed by atoms with van der Waals surface area (Å²) in [5.74, 6) is -0.302. The van der Waals surface area contributed by atoms with E-state index < -0.39 is 4.92 Å². The van der Waals surface area contributed by atoms with Gasteiger partial charge in [-0.3, -0.25) is 19.6 Å². The molecular weight excluding hydrogens is 364 g/mol. The van der Waals surface area contributed by atoms with E-state index in [4.69, 9.17) is 11.6 Å². The summed E-state index contributed by atoms with van der Waals surface area (Å²) < 4.78 is 2.43. The molecule has 9 heteroatoms. The number of aryl methyl sites for hydroxylation is 1. The molecule has 0 spiro atoms. The lowest BCUT2D eigenvalue weighted by Gasteiger charge is -2.07. The van der Waals surface area contributed by atoms with Gasteiger partial charge in [-0.25, -0.2) is 0 Å². The van der Waals surface area contributed by atoms with Crippen molar-refractivity contribution in [3.8, 4) is 0 Å². The minimum absolute atomic E-state index is 0.134. The fourth-order valence-corrected chi connectivity index (χ4v) is 2.10. The molecular formula is C12H10BrClN4O3. The molecule has 2 aromatic rings. The number of halogens is 2. The molecule has 1 heterocycles. The molecule has 0 aliphatic heterocycles. The molecule has 1 aromatic carbocycles. The van der Waals surface area contributed by atoms with Crippen molar-refractivity contribution in [1.29, 1.82) is 0 Å². The molecule has 0 atom stereocenters. The quantitative estimate of drug-likeness (QED) is 0.643. The number of nitro groups is 1. The van der Waals surface area contributed by atoms with Crippen LogP contribution in [0.4, 0.5) is 11.4 Å². The Morgan fingerprint density at radius 2 is 2.29 bits per heavy atom. The van der Waals surface area contributed by atoms with Crippen LogP contribution < -0.4 is 5.32 Å². The van der Waals surface area contributed by atoms with Crippen LogP contribution in [0.3, 0.4) is 0 Å². The summed E-state index contributed by atoms with van der Waals surface area (Å²) in [5.41, 5.74) is 0.0863. The van der Waals surface area contributed by atoms with Gasteiger partial charge in [-0.2, -0.15) is 5.10 Å². The molecule has 1 aromatic heterocycles. The number of carbonyl (C=O) groups is 1. The second-order valence-electron chi connectivity index (χ2n) is 4.14. The lowest BCUT2D eigenvalue weighted by molar-refractivity contribution is -0.384. The number of non-ortho nitro benzene ring substituents is 1. The Hall–Kier alpha value is -1.93. The minimum atomic E-state index is -0.548. The normalized spacial score (nSPS) is 10.4. The molecule has 0 bridgehead atoms. The topological polar surface area (TPSA) is 90.1 Å². The molecule has 7 nitrogen and oxygen atoms in total. The Labute approximate surface area is 133 Å². The third-order valence-corrected chi connectivity index (χ3v) is 3.34. The predicted molar refractivity (Wildman–Crippen MR) is 81.3 cm³/mol. The molecule has 0 saturated heterocycles. The highest BCUT2D eigenvalue weighted by molar-refractivity contribution is 9.10. The Bertz CT molecular complexity index is 689. The van der Waals surface area contributed by atoms with Gasteiger partial charge in [0.05, 0.1) is 26.3 Å². The second kappa shape index (κ2) is 6.68. The molecule has 110 valence electrons. The smallest absolute Gasteiger partial charge is 0.271 e. The first-order valence-corrected chi connectivity index (χ1v) is 7.04. The number of nitro benzene ring substituents is 1. The van der Waals surface area contributed by atoms with E-state index in [0.29, 0.717) is 6.54 Å². The van der Waals surface area contributed by atoms with Crippen LogP contribution >= 0.6 is 27.5 Å². The largest absolute Gasteiger partial charge is 0.325 e. The summed E-state index contributed by atoms with van der Waals surface area (Å²) in [5, 5.41) is 17.5. The summed E-state index contributed by atoms with van der Waals surface area (Å²) in [6, 6.07) is 3.88. The Morgan fingerprint density at radius 1 is 1.52 bits per heavy atom. The number of hydrogen-bond acceptors (Lipinski definition) is 4. The zero-order chi connectivity index (χ0) is 15.4. The summed E-state index contributed by atoms with van der Waals surface area (Å²) in [7, 11) is 0. The maximum atomic E-state index is 11.8. The van der Waals surface area contributed by atoms with Crippen LogP contribution in [0, 0.1) is 10.1 Å². The van der Waals surface area contributed by atoms with E-state index in [0.717, 1.165) is 4.47 Å². The highest BCUT2D eigenvalue weighted by Gasteiger charge is 2.12. The van der Waals surface area contributed by atoms with E-state index in [1.165, 1.54) is 18.2 Å². The van der Waals surface area contributed by atoms with Gasteiger partial charge in [-0.15, -0.1) is 0 Å². The molecule has 0 aliphatic rings. The highest BCUT2D eigenvalue weighted by atomic mass is 79.9. The molecule has 0 radical (unpaired) electrons. The molecule has 1 amide bonds. The first-order valence-electron chi connectivity index (χ1n) is 5.87. The lowest BCUT2D eigenvalue weighted by atomic mass is 10.2. The summed E-state index contributed by atoms with van der Waals surface area (Å²) >= 11 is 9.16. The minimum Gasteiger partial charge on any atom is -0.325 e. The highest BCUT2D eigenvalue weighted by Crippen LogP contribution is 2.26. The maximum absolute atomic E-state index is 11.8. The van der Waals surface area contributed by atoms with Crippen molar-refractivity contribution >= 4 is 44.8 Å². The van der Waals surface area contributed by atoms with Gasteiger partial charge in [-0.05, 0) is 22.0 Å². The number of benzene rings is 1. The van der Waals surface area contributed by atoms with Crippen LogP contribution in [0.15, 0.2) is 35.1 Å². The molecule has 21 heavy (non-hydrogen) atoms. The number of carbonyl (C=O) groups excluding carboxylic acids is 1. The summed E-state index contributed by atoms with van der Waals surface area (Å²) in [6.07, 6.45) is 3.54. The molecule has 2 rings (SSSR count). The van der Waals surface area contributed by atoms with Crippen LogP contribution in [0.1, 0.15) is 6.42 Å². The number of aromatic nitrogens is 2. The van der Waals surface area contributed by atoms with Crippen molar-refractivity contribution in [3.63, 3.8) is 0 Å². The van der Waals surface area contributed by atoms with E-state index in [1.807, 2.05) is 0 Å². The van der Waals surface area contributed by atoms with Gasteiger partial charge in [-0.1, -0.05) is 11.6 Å². The van der Waals surface area contributed by atoms with Crippen molar-refractivity contribution < 1.29 is 9.72 Å². The molecule has 0 unspecified atom stereocenters. The van der Waals surface area contributed by atoms with E-state index in [9.17, 15) is 14.9 Å². The predicted octanol–water partition coefficient (Wildman–Crippen LogP) is 3.24. The number of rotatable bonds is 5. The van der Waals surface area contributed by atoms with Gasteiger partial charge in [0, 0.05) is 31.3 Å². The Balaban J connectivity index is 1.99. The van der Waals surface area contributed by atoms with Crippen molar-refractivity contribution in [3.05, 3.63) is 50.2 Å². The Morgan fingerprint density at radius 3 is 2.90 bits per heavy atom. The number of amides is 1. The van der Waals surface area contributed by atoms with Crippen molar-refractivity contribution in [1.82, 2.24) is 9.78 Å². The monoisotopic (exact) mass is 372 g/mol. The second-order valence-corrected chi connectivity index (χ2v) is 5.46. The molecule has 0 fully saturated rings. The molecule has 0 aliphatic carbocycles. The zero-order valence-electron chi connectivity index (χ0n) is 10.6. The first-order chi connectivity index (χ1) is 9.95. The fourth-order valence-electron chi connectivity index (χ4n) is 1.61. The van der Waals surface area contributed by atoms with Gasteiger partial charge in [0.25, 0.3) is 5.69 Å². The number of nitrogens with zero attached hydrogens (tertiary/aromatic N) is 3. The number of hydrogen-bond donors (Lipinski definition) is 1. The average molecular weight is 374 g/mol. The SMILES string of the molecule is O=C(CCn1cc(Br)cn1)Nc1cc([N+](=O)[O-])ccc1Cl. The summed E-state index contributed by atoms with van der Waals surface area (Å²) in [6.45, 7) is 0.393. The van der Waals surface area contributed by atoms with Crippen LogP contribution in [0.5, 0.6) is 0 Å². The van der Waals surface area contributed by atoms with Gasteiger partial charge in [0.1, 0.15) is 0 Å². The van der Waals surface area contributed by atoms with E-state index in [2.05, 4.69) is 26.3 Å². The van der Waals surface area contributed by atoms with Crippen LogP contribution in [0.25, 0.3) is 0 Å². The van der Waals surface area contributed by atoms with Gasteiger partial charge in [0.2, 0.25) is 5.91 Å².